The van der Waals surface area contributed by atoms with Gasteiger partial charge in [-0.1, -0.05) is 27.2 Å². The molecule has 0 aromatic heterocycles. The number of alkyl halides is 2. The molecule has 7 heteroatoms. The molecule has 0 bridgehead atoms. The van der Waals surface area contributed by atoms with Gasteiger partial charge in [-0.3, -0.25) is 4.90 Å². The Morgan fingerprint density at radius 2 is 1.86 bits per heavy atom. The molecular weight excluding hydrogens is 282 g/mol. The zero-order chi connectivity index (χ0) is 15.9. The number of hydrogen-bond acceptors (Lipinski definition) is 4. The number of halogens is 2. The van der Waals surface area contributed by atoms with Crippen LogP contribution in [0.4, 0.5) is 13.6 Å². The van der Waals surface area contributed by atoms with Crippen LogP contribution in [0.5, 0.6) is 0 Å². The van der Waals surface area contributed by atoms with Crippen molar-refractivity contribution in [2.45, 2.75) is 39.2 Å². The molecule has 0 radical (unpaired) electrons. The Balaban J connectivity index is 0.000000677. The number of morpholine rings is 1. The van der Waals surface area contributed by atoms with Crippen molar-refractivity contribution in [1.82, 2.24) is 9.80 Å². The zero-order valence-corrected chi connectivity index (χ0v) is 13.1. The molecule has 21 heavy (non-hydrogen) atoms. The van der Waals surface area contributed by atoms with Crippen LogP contribution in [0.3, 0.4) is 0 Å². The molecule has 1 atom stereocenters. The van der Waals surface area contributed by atoms with Gasteiger partial charge in [0.2, 0.25) is 0 Å². The van der Waals surface area contributed by atoms with Gasteiger partial charge in [-0.05, 0) is 6.54 Å². The highest BCUT2D eigenvalue weighted by atomic mass is 19.3. The van der Waals surface area contributed by atoms with Gasteiger partial charge in [-0.15, -0.1) is 0 Å². The molecule has 2 saturated heterocycles. The highest BCUT2D eigenvalue weighted by molar-refractivity contribution is 5.68. The van der Waals surface area contributed by atoms with Gasteiger partial charge in [-0.2, -0.15) is 0 Å². The van der Waals surface area contributed by atoms with Crippen molar-refractivity contribution in [3.8, 4) is 0 Å². The Morgan fingerprint density at radius 1 is 1.29 bits per heavy atom. The molecule has 0 aliphatic carbocycles. The van der Waals surface area contributed by atoms with E-state index in [0.29, 0.717) is 32.8 Å². The molecule has 124 valence electrons. The first-order valence-corrected chi connectivity index (χ1v) is 7.58. The van der Waals surface area contributed by atoms with Gasteiger partial charge >= 0.3 is 6.09 Å². The third-order valence-electron chi connectivity index (χ3n) is 3.29. The van der Waals surface area contributed by atoms with Crippen LogP contribution in [0.25, 0.3) is 0 Å². The van der Waals surface area contributed by atoms with Crippen molar-refractivity contribution >= 4 is 6.09 Å². The molecule has 5 nitrogen and oxygen atoms in total. The standard InChI is InChI=1S/C11H18F2N2O3.C3H8/c1-2-14-7-9(11(12,13)8-14)18-10(16)15-3-5-17-6-4-15;1-3-2/h9H,2-8H2,1H3;3H2,1-2H3. The maximum Gasteiger partial charge on any atom is 0.410 e. The van der Waals surface area contributed by atoms with Gasteiger partial charge in [0, 0.05) is 19.6 Å². The molecule has 0 spiro atoms. The van der Waals surface area contributed by atoms with Crippen molar-refractivity contribution in [3.63, 3.8) is 0 Å². The fourth-order valence-electron chi connectivity index (χ4n) is 2.14. The molecule has 0 aromatic rings. The minimum absolute atomic E-state index is 0.0968. The molecular formula is C14H26F2N2O3. The molecule has 0 N–H and O–H groups in total. The number of likely N-dealkylation sites (N-methyl/N-ethyl adjacent to an activating group) is 1. The number of likely N-dealkylation sites (tertiary alicyclic amines) is 1. The summed E-state index contributed by atoms with van der Waals surface area (Å²) in [5, 5.41) is 0. The van der Waals surface area contributed by atoms with Gasteiger partial charge in [0.05, 0.1) is 19.8 Å². The van der Waals surface area contributed by atoms with E-state index >= 15 is 0 Å². The molecule has 0 saturated carbocycles. The fourth-order valence-corrected chi connectivity index (χ4v) is 2.14. The molecule has 0 aromatic carbocycles. The lowest BCUT2D eigenvalue weighted by Gasteiger charge is -2.28. The third kappa shape index (κ3) is 5.39. The maximum absolute atomic E-state index is 13.6. The summed E-state index contributed by atoms with van der Waals surface area (Å²) in [5.74, 6) is -2.96. The SMILES string of the molecule is CCC.CCN1CC(OC(=O)N2CCOCC2)C(F)(F)C1. The van der Waals surface area contributed by atoms with E-state index in [-0.39, 0.29) is 13.1 Å². The van der Waals surface area contributed by atoms with Gasteiger partial charge < -0.3 is 14.4 Å². The second-order valence-electron chi connectivity index (χ2n) is 5.27. The molecule has 1 unspecified atom stereocenters. The number of ether oxygens (including phenoxy) is 2. The summed E-state index contributed by atoms with van der Waals surface area (Å²) >= 11 is 0. The average Bonchev–Trinajstić information content (AvgIpc) is 2.75. The van der Waals surface area contributed by atoms with E-state index in [1.54, 1.807) is 4.90 Å². The lowest BCUT2D eigenvalue weighted by molar-refractivity contribution is -0.0875. The lowest BCUT2D eigenvalue weighted by Crippen LogP contribution is -2.45. The summed E-state index contributed by atoms with van der Waals surface area (Å²) in [4.78, 5) is 14.7. The topological polar surface area (TPSA) is 42.0 Å². The Hall–Kier alpha value is -0.950. The maximum atomic E-state index is 13.6. The number of carbonyl (C=O) groups excluding carboxylic acids is 1. The summed E-state index contributed by atoms with van der Waals surface area (Å²) < 4.78 is 37.3. The molecule has 1 amide bonds. The molecule has 2 rings (SSSR count). The Kier molecular flexibility index (Phi) is 7.31. The van der Waals surface area contributed by atoms with E-state index < -0.39 is 18.1 Å². The first-order valence-electron chi connectivity index (χ1n) is 7.58. The number of rotatable bonds is 2. The summed E-state index contributed by atoms with van der Waals surface area (Å²) in [6.07, 6.45) is -0.756. The van der Waals surface area contributed by atoms with Gasteiger partial charge in [0.15, 0.2) is 6.10 Å². The van der Waals surface area contributed by atoms with Crippen molar-refractivity contribution in [1.29, 1.82) is 0 Å². The second kappa shape index (κ2) is 8.48. The smallest absolute Gasteiger partial charge is 0.410 e. The Labute approximate surface area is 125 Å². The molecule has 2 aliphatic rings. The minimum Gasteiger partial charge on any atom is -0.438 e. The Bertz CT molecular complexity index is 323. The Morgan fingerprint density at radius 3 is 2.33 bits per heavy atom. The predicted molar refractivity (Wildman–Crippen MR) is 75.7 cm³/mol. The monoisotopic (exact) mass is 308 g/mol. The van der Waals surface area contributed by atoms with E-state index in [9.17, 15) is 13.6 Å². The van der Waals surface area contributed by atoms with Crippen LogP contribution in [0.15, 0.2) is 0 Å². The minimum atomic E-state index is -2.96. The zero-order valence-electron chi connectivity index (χ0n) is 13.1. The summed E-state index contributed by atoms with van der Waals surface area (Å²) in [7, 11) is 0. The number of hydrogen-bond donors (Lipinski definition) is 0. The average molecular weight is 308 g/mol. The van der Waals surface area contributed by atoms with Crippen LogP contribution in [-0.2, 0) is 9.47 Å². The molecule has 2 fully saturated rings. The van der Waals surface area contributed by atoms with Crippen LogP contribution < -0.4 is 0 Å². The highest BCUT2D eigenvalue weighted by Gasteiger charge is 2.50. The first-order chi connectivity index (χ1) is 9.94. The van der Waals surface area contributed by atoms with Crippen LogP contribution >= 0.6 is 0 Å². The quantitative estimate of drug-likeness (QED) is 0.784. The normalized spacial score (nSPS) is 25.2. The van der Waals surface area contributed by atoms with Crippen LogP contribution in [0.1, 0.15) is 27.2 Å². The molecule has 2 heterocycles. The largest absolute Gasteiger partial charge is 0.438 e. The molecule has 2 aliphatic heterocycles. The van der Waals surface area contributed by atoms with Crippen LogP contribution in [0, 0.1) is 0 Å². The lowest BCUT2D eigenvalue weighted by atomic mass is 10.2. The summed E-state index contributed by atoms with van der Waals surface area (Å²) in [5.41, 5.74) is 0. The predicted octanol–water partition coefficient (Wildman–Crippen LogP) is 2.21. The third-order valence-corrected chi connectivity index (χ3v) is 3.29. The van der Waals surface area contributed by atoms with Gasteiger partial charge in [0.25, 0.3) is 5.92 Å². The van der Waals surface area contributed by atoms with Crippen molar-refractivity contribution in [2.75, 3.05) is 45.9 Å². The fraction of sp³-hybridized carbons (Fsp3) is 0.929. The summed E-state index contributed by atoms with van der Waals surface area (Å²) in [6, 6.07) is 0. The van der Waals surface area contributed by atoms with Crippen LogP contribution in [0.2, 0.25) is 0 Å². The van der Waals surface area contributed by atoms with Crippen LogP contribution in [-0.4, -0.2) is 73.9 Å². The van der Waals surface area contributed by atoms with E-state index in [2.05, 4.69) is 13.8 Å². The van der Waals surface area contributed by atoms with Crippen molar-refractivity contribution in [2.24, 2.45) is 0 Å². The highest BCUT2D eigenvalue weighted by Crippen LogP contribution is 2.30. The van der Waals surface area contributed by atoms with Crippen molar-refractivity contribution in [3.05, 3.63) is 0 Å². The van der Waals surface area contributed by atoms with Gasteiger partial charge in [-0.25, -0.2) is 13.6 Å². The first kappa shape index (κ1) is 18.1. The second-order valence-corrected chi connectivity index (χ2v) is 5.27. The van der Waals surface area contributed by atoms with E-state index in [4.69, 9.17) is 9.47 Å². The van der Waals surface area contributed by atoms with Crippen molar-refractivity contribution < 1.29 is 23.0 Å². The van der Waals surface area contributed by atoms with E-state index in [0.717, 1.165) is 0 Å². The summed E-state index contributed by atoms with van der Waals surface area (Å²) in [6.45, 7) is 7.99. The number of nitrogens with zero attached hydrogens (tertiary/aromatic N) is 2. The number of carbonyl (C=O) groups is 1. The van der Waals surface area contributed by atoms with E-state index in [1.807, 2.05) is 6.92 Å². The van der Waals surface area contributed by atoms with E-state index in [1.165, 1.54) is 11.3 Å². The number of amides is 1. The van der Waals surface area contributed by atoms with Gasteiger partial charge in [0.1, 0.15) is 0 Å².